The van der Waals surface area contributed by atoms with Crippen molar-refractivity contribution in [2.45, 2.75) is 19.6 Å². The molecule has 1 saturated heterocycles. The summed E-state index contributed by atoms with van der Waals surface area (Å²) >= 11 is 1.70. The first-order valence-corrected chi connectivity index (χ1v) is 8.24. The molecule has 0 radical (unpaired) electrons. The molecule has 0 amide bonds. The van der Waals surface area contributed by atoms with Crippen LogP contribution in [0.15, 0.2) is 17.8 Å². The highest BCUT2D eigenvalue weighted by Gasteiger charge is 2.26. The molecule has 6 nitrogen and oxygen atoms in total. The van der Waals surface area contributed by atoms with E-state index in [2.05, 4.69) is 25.2 Å². The number of morpholine rings is 1. The third-order valence-electron chi connectivity index (χ3n) is 3.64. The lowest BCUT2D eigenvalue weighted by Gasteiger charge is -2.33. The van der Waals surface area contributed by atoms with Gasteiger partial charge in [-0.25, -0.2) is 9.97 Å². The van der Waals surface area contributed by atoms with Crippen molar-refractivity contribution in [2.75, 3.05) is 38.7 Å². The lowest BCUT2D eigenvalue weighted by molar-refractivity contribution is -0.0351. The van der Waals surface area contributed by atoms with Crippen molar-refractivity contribution < 1.29 is 4.74 Å². The van der Waals surface area contributed by atoms with Crippen LogP contribution in [0.1, 0.15) is 22.5 Å². The first-order valence-electron chi connectivity index (χ1n) is 7.36. The van der Waals surface area contributed by atoms with Gasteiger partial charge >= 0.3 is 0 Å². The van der Waals surface area contributed by atoms with Crippen LogP contribution in [-0.4, -0.2) is 53.6 Å². The number of anilines is 1. The summed E-state index contributed by atoms with van der Waals surface area (Å²) < 4.78 is 5.94. The number of aryl methyl sites for hydroxylation is 1. The zero-order chi connectivity index (χ0) is 15.5. The monoisotopic (exact) mass is 319 g/mol. The summed E-state index contributed by atoms with van der Waals surface area (Å²) in [5, 5.41) is 3.25. The molecule has 3 heterocycles. The molecule has 22 heavy (non-hydrogen) atoms. The average Bonchev–Trinajstić information content (AvgIpc) is 2.92. The third-order valence-corrected chi connectivity index (χ3v) is 4.46. The molecular weight excluding hydrogens is 298 g/mol. The number of aromatic nitrogens is 3. The summed E-state index contributed by atoms with van der Waals surface area (Å²) in [6.07, 6.45) is 3.41. The molecule has 0 bridgehead atoms. The van der Waals surface area contributed by atoms with Gasteiger partial charge < -0.3 is 9.64 Å². The second kappa shape index (κ2) is 6.68. The van der Waals surface area contributed by atoms with Crippen LogP contribution in [0.2, 0.25) is 0 Å². The van der Waals surface area contributed by atoms with Crippen LogP contribution in [0.4, 0.5) is 5.82 Å². The van der Waals surface area contributed by atoms with Gasteiger partial charge in [0.2, 0.25) is 0 Å². The van der Waals surface area contributed by atoms with E-state index in [0.717, 1.165) is 41.8 Å². The largest absolute Gasteiger partial charge is 0.369 e. The Morgan fingerprint density at radius 2 is 2.18 bits per heavy atom. The first kappa shape index (κ1) is 15.3. The van der Waals surface area contributed by atoms with Crippen LogP contribution >= 0.6 is 11.3 Å². The van der Waals surface area contributed by atoms with Gasteiger partial charge in [0, 0.05) is 51.5 Å². The van der Waals surface area contributed by atoms with Crippen LogP contribution in [0.5, 0.6) is 0 Å². The normalized spacial score (nSPS) is 19.3. The Morgan fingerprint density at radius 3 is 2.91 bits per heavy atom. The van der Waals surface area contributed by atoms with Crippen molar-refractivity contribution in [3.05, 3.63) is 34.2 Å². The van der Waals surface area contributed by atoms with Gasteiger partial charge in [0.1, 0.15) is 11.8 Å². The van der Waals surface area contributed by atoms with Crippen molar-refractivity contribution >= 4 is 17.2 Å². The highest BCUT2D eigenvalue weighted by Crippen LogP contribution is 2.27. The number of hydrogen-bond donors (Lipinski definition) is 0. The first-order chi connectivity index (χ1) is 10.6. The zero-order valence-electron chi connectivity index (χ0n) is 13.2. The van der Waals surface area contributed by atoms with Crippen molar-refractivity contribution in [1.29, 1.82) is 0 Å². The second-order valence-electron chi connectivity index (χ2n) is 5.61. The van der Waals surface area contributed by atoms with Crippen molar-refractivity contribution in [3.63, 3.8) is 0 Å². The lowest BCUT2D eigenvalue weighted by atomic mass is 10.2. The molecule has 1 aliphatic rings. The zero-order valence-corrected chi connectivity index (χ0v) is 14.0. The van der Waals surface area contributed by atoms with Gasteiger partial charge in [-0.1, -0.05) is 0 Å². The van der Waals surface area contributed by atoms with Crippen LogP contribution in [-0.2, 0) is 11.3 Å². The van der Waals surface area contributed by atoms with Crippen LogP contribution in [0.25, 0.3) is 0 Å². The van der Waals surface area contributed by atoms with E-state index in [-0.39, 0.29) is 6.10 Å². The Hall–Kier alpha value is -1.57. The molecular formula is C15H21N5OS. The Bertz CT molecular complexity index is 630. The van der Waals surface area contributed by atoms with Crippen LogP contribution in [0.3, 0.4) is 0 Å². The predicted molar refractivity (Wildman–Crippen MR) is 87.2 cm³/mol. The van der Waals surface area contributed by atoms with E-state index >= 15 is 0 Å². The van der Waals surface area contributed by atoms with Crippen LogP contribution < -0.4 is 4.90 Å². The molecule has 7 heteroatoms. The Kier molecular flexibility index (Phi) is 4.66. The predicted octanol–water partition coefficient (Wildman–Crippen LogP) is 1.88. The summed E-state index contributed by atoms with van der Waals surface area (Å²) in [6.45, 7) is 5.35. The van der Waals surface area contributed by atoms with Gasteiger partial charge in [-0.3, -0.25) is 9.88 Å². The van der Waals surface area contributed by atoms with E-state index in [0.29, 0.717) is 6.61 Å². The fraction of sp³-hybridized carbons (Fsp3) is 0.533. The van der Waals surface area contributed by atoms with Crippen LogP contribution in [0, 0.1) is 6.92 Å². The molecule has 1 atom stereocenters. The molecule has 0 aliphatic carbocycles. The van der Waals surface area contributed by atoms with E-state index in [1.54, 1.807) is 23.7 Å². The molecule has 118 valence electrons. The van der Waals surface area contributed by atoms with E-state index in [4.69, 9.17) is 4.74 Å². The summed E-state index contributed by atoms with van der Waals surface area (Å²) in [4.78, 5) is 17.8. The third kappa shape index (κ3) is 3.43. The smallest absolute Gasteiger partial charge is 0.152 e. The molecule has 3 rings (SSSR count). The fourth-order valence-electron chi connectivity index (χ4n) is 2.63. The maximum Gasteiger partial charge on any atom is 0.152 e. The quantitative estimate of drug-likeness (QED) is 0.858. The molecule has 0 aromatic carbocycles. The van der Waals surface area contributed by atoms with Gasteiger partial charge in [0.25, 0.3) is 0 Å². The van der Waals surface area contributed by atoms with E-state index in [1.807, 2.05) is 25.9 Å². The van der Waals surface area contributed by atoms with E-state index in [9.17, 15) is 0 Å². The highest BCUT2D eigenvalue weighted by atomic mass is 32.1. The number of ether oxygens (including phenoxy) is 1. The molecule has 2 aromatic rings. The van der Waals surface area contributed by atoms with Gasteiger partial charge in [0.05, 0.1) is 17.3 Å². The van der Waals surface area contributed by atoms with Gasteiger partial charge in [-0.05, 0) is 6.92 Å². The molecule has 0 spiro atoms. The molecule has 1 fully saturated rings. The molecule has 1 aliphatic heterocycles. The number of rotatable bonds is 4. The highest BCUT2D eigenvalue weighted by molar-refractivity contribution is 7.09. The summed E-state index contributed by atoms with van der Waals surface area (Å²) in [7, 11) is 3.96. The van der Waals surface area contributed by atoms with E-state index in [1.165, 1.54) is 0 Å². The maximum absolute atomic E-state index is 5.94. The standard InChI is InChI=1S/C15H21N5OS/c1-11-18-12(10-22-11)8-20-6-7-21-13(9-20)14-15(19(2)3)17-5-4-16-14/h4-5,10,13H,6-9H2,1-3H3/t13-/m1/s1. The number of thiazole rings is 1. The molecule has 0 unspecified atom stereocenters. The average molecular weight is 319 g/mol. The summed E-state index contributed by atoms with van der Waals surface area (Å²) in [5.74, 6) is 0.874. The molecule has 0 N–H and O–H groups in total. The number of hydrogen-bond acceptors (Lipinski definition) is 7. The van der Waals surface area contributed by atoms with Crippen molar-refractivity contribution in [1.82, 2.24) is 19.9 Å². The number of nitrogens with zero attached hydrogens (tertiary/aromatic N) is 5. The minimum atomic E-state index is -0.0421. The van der Waals surface area contributed by atoms with Gasteiger partial charge in [-0.2, -0.15) is 0 Å². The minimum absolute atomic E-state index is 0.0421. The lowest BCUT2D eigenvalue weighted by Crippen LogP contribution is -2.38. The Balaban J connectivity index is 1.73. The SMILES string of the molecule is Cc1nc(CN2CCO[C@@H](c3nccnc3N(C)C)C2)cs1. The second-order valence-corrected chi connectivity index (χ2v) is 6.67. The van der Waals surface area contributed by atoms with Crippen molar-refractivity contribution in [2.24, 2.45) is 0 Å². The summed E-state index contributed by atoms with van der Waals surface area (Å²) in [6, 6.07) is 0. The van der Waals surface area contributed by atoms with Gasteiger partial charge in [0.15, 0.2) is 5.82 Å². The molecule has 0 saturated carbocycles. The Morgan fingerprint density at radius 1 is 1.36 bits per heavy atom. The fourth-order valence-corrected chi connectivity index (χ4v) is 3.24. The topological polar surface area (TPSA) is 54.4 Å². The minimum Gasteiger partial charge on any atom is -0.369 e. The van der Waals surface area contributed by atoms with Gasteiger partial charge in [-0.15, -0.1) is 11.3 Å². The van der Waals surface area contributed by atoms with E-state index < -0.39 is 0 Å². The Labute approximate surface area is 134 Å². The summed E-state index contributed by atoms with van der Waals surface area (Å²) in [5.41, 5.74) is 2.04. The molecule has 2 aromatic heterocycles. The van der Waals surface area contributed by atoms with Crippen molar-refractivity contribution in [3.8, 4) is 0 Å². The maximum atomic E-state index is 5.94.